The number of carbonyl (C=O) groups is 3. The average Bonchev–Trinajstić information content (AvgIpc) is 3.54. The van der Waals surface area contributed by atoms with Crippen LogP contribution in [0, 0.1) is 28.6 Å². The minimum atomic E-state index is -1.19. The Bertz CT molecular complexity index is 1530. The van der Waals surface area contributed by atoms with Crippen molar-refractivity contribution in [2.45, 2.75) is 90.2 Å². The second-order valence-corrected chi connectivity index (χ2v) is 14.0. The number of aliphatic hydroxyl groups is 1. The molecule has 0 spiro atoms. The van der Waals surface area contributed by atoms with Crippen LogP contribution in [0.5, 0.6) is 0 Å². The van der Waals surface area contributed by atoms with Crippen LogP contribution in [-0.4, -0.2) is 58.8 Å². The van der Waals surface area contributed by atoms with Gasteiger partial charge in [-0.25, -0.2) is 4.79 Å². The van der Waals surface area contributed by atoms with Crippen LogP contribution in [-0.2, 0) is 30.4 Å². The maximum atomic E-state index is 12.8. The molecule has 6 rings (SSSR count). The number of hydrogen-bond donors (Lipinski definition) is 3. The smallest absolute Gasteiger partial charge is 0.328 e. The molecular formula is C35H45N3O6. The summed E-state index contributed by atoms with van der Waals surface area (Å²) < 4.78 is 4.95. The molecule has 1 amide bonds. The van der Waals surface area contributed by atoms with Gasteiger partial charge >= 0.3 is 5.97 Å². The number of rotatable bonds is 8. The standard InChI is InChI=1S/C35H45N3O6/c1-21(39)35(42)16-13-28-26-10-9-23-18-24(11-14-33(23,2)27(26)12-15-34(28,35)3)38-44-20-31(40)37-30(32(41)43-4)17-22-19-36-29-8-6-5-7-25(22)29/h5-8,18-19,26-28,30,36,42H,9-17,20H2,1-4H3,(H,37,40)/b38-24-/t26-,27-,28-,30-,33-,34-,35-/m0/s1. The van der Waals surface area contributed by atoms with Crippen molar-refractivity contribution in [1.82, 2.24) is 10.3 Å². The van der Waals surface area contributed by atoms with Gasteiger partial charge in [-0.1, -0.05) is 42.8 Å². The number of Topliss-reactive ketones (excluding diaryl/α,β-unsaturated/α-hetero) is 1. The van der Waals surface area contributed by atoms with E-state index in [1.165, 1.54) is 12.7 Å². The molecule has 2 aromatic rings. The quantitative estimate of drug-likeness (QED) is 0.287. The highest BCUT2D eigenvalue weighted by Gasteiger charge is 2.65. The molecule has 0 radical (unpaired) electrons. The first kappa shape index (κ1) is 30.6. The Morgan fingerprint density at radius 1 is 1.09 bits per heavy atom. The van der Waals surface area contributed by atoms with Crippen molar-refractivity contribution in [2.75, 3.05) is 13.7 Å². The number of carbonyl (C=O) groups excluding carboxylic acids is 3. The van der Waals surface area contributed by atoms with Crippen molar-refractivity contribution in [3.05, 3.63) is 47.7 Å². The maximum Gasteiger partial charge on any atom is 0.328 e. The lowest BCUT2D eigenvalue weighted by molar-refractivity contribution is -0.159. The Hall–Kier alpha value is -3.46. The molecule has 3 fully saturated rings. The summed E-state index contributed by atoms with van der Waals surface area (Å²) in [6, 6.07) is 6.96. The lowest BCUT2D eigenvalue weighted by atomic mass is 9.46. The van der Waals surface area contributed by atoms with Gasteiger partial charge in [-0.2, -0.15) is 0 Å². The van der Waals surface area contributed by atoms with Crippen LogP contribution in [0.1, 0.15) is 77.7 Å². The fraction of sp³-hybridized carbons (Fsp3) is 0.600. The summed E-state index contributed by atoms with van der Waals surface area (Å²) in [7, 11) is 1.31. The Morgan fingerprint density at radius 2 is 1.86 bits per heavy atom. The third-order valence-corrected chi connectivity index (χ3v) is 12.0. The monoisotopic (exact) mass is 603 g/mol. The Balaban J connectivity index is 1.08. The Morgan fingerprint density at radius 3 is 2.64 bits per heavy atom. The molecule has 9 nitrogen and oxygen atoms in total. The molecule has 1 aromatic carbocycles. The van der Waals surface area contributed by atoms with Crippen LogP contribution in [0.4, 0.5) is 0 Å². The van der Waals surface area contributed by atoms with Gasteiger partial charge in [-0.3, -0.25) is 9.59 Å². The zero-order chi connectivity index (χ0) is 31.3. The van der Waals surface area contributed by atoms with Crippen LogP contribution in [0.3, 0.4) is 0 Å². The van der Waals surface area contributed by atoms with Gasteiger partial charge in [0.05, 0.1) is 12.8 Å². The van der Waals surface area contributed by atoms with E-state index >= 15 is 0 Å². The van der Waals surface area contributed by atoms with Gasteiger partial charge in [0.25, 0.3) is 5.91 Å². The topological polar surface area (TPSA) is 130 Å². The van der Waals surface area contributed by atoms with Gasteiger partial charge in [0.2, 0.25) is 0 Å². The number of oxime groups is 1. The van der Waals surface area contributed by atoms with E-state index in [1.807, 2.05) is 30.5 Å². The number of esters is 1. The number of amides is 1. The summed E-state index contributed by atoms with van der Waals surface area (Å²) in [5, 5.41) is 19.5. The average molecular weight is 604 g/mol. The number of aromatic nitrogens is 1. The minimum Gasteiger partial charge on any atom is -0.467 e. The Labute approximate surface area is 258 Å². The minimum absolute atomic E-state index is 0.0632. The lowest BCUT2D eigenvalue weighted by Crippen LogP contribution is -2.57. The number of methoxy groups -OCH3 is 1. The molecular weight excluding hydrogens is 558 g/mol. The van der Waals surface area contributed by atoms with Gasteiger partial charge < -0.3 is 25.0 Å². The fourth-order valence-electron chi connectivity index (χ4n) is 9.50. The summed E-state index contributed by atoms with van der Waals surface area (Å²) in [4.78, 5) is 46.5. The van der Waals surface area contributed by atoms with Crippen molar-refractivity contribution in [3.63, 3.8) is 0 Å². The van der Waals surface area contributed by atoms with Crippen LogP contribution < -0.4 is 5.32 Å². The molecule has 4 aliphatic rings. The number of nitrogens with zero attached hydrogens (tertiary/aromatic N) is 1. The van der Waals surface area contributed by atoms with Crippen LogP contribution in [0.25, 0.3) is 10.9 Å². The second-order valence-electron chi connectivity index (χ2n) is 14.0. The van der Waals surface area contributed by atoms with E-state index in [2.05, 4.69) is 35.4 Å². The van der Waals surface area contributed by atoms with Crippen molar-refractivity contribution in [2.24, 2.45) is 33.7 Å². The first-order valence-corrected chi connectivity index (χ1v) is 16.1. The zero-order valence-electron chi connectivity index (χ0n) is 26.3. The molecule has 9 heteroatoms. The van der Waals surface area contributed by atoms with Crippen LogP contribution in [0.15, 0.2) is 47.3 Å². The van der Waals surface area contributed by atoms with E-state index in [1.54, 1.807) is 6.92 Å². The fourth-order valence-corrected chi connectivity index (χ4v) is 9.50. The van der Waals surface area contributed by atoms with E-state index < -0.39 is 23.5 Å². The first-order chi connectivity index (χ1) is 21.0. The van der Waals surface area contributed by atoms with Crippen molar-refractivity contribution in [3.8, 4) is 0 Å². The Kier molecular flexibility index (Phi) is 7.97. The third kappa shape index (κ3) is 4.97. The summed E-state index contributed by atoms with van der Waals surface area (Å²) in [6.45, 7) is 5.80. The largest absolute Gasteiger partial charge is 0.467 e. The molecule has 236 valence electrons. The van der Waals surface area contributed by atoms with Gasteiger partial charge in [-0.05, 0) is 99.2 Å². The number of allylic oxidation sites excluding steroid dienone is 2. The molecule has 7 atom stereocenters. The highest BCUT2D eigenvalue weighted by Crippen LogP contribution is 2.67. The number of ketones is 1. The third-order valence-electron chi connectivity index (χ3n) is 12.0. The molecule has 0 unspecified atom stereocenters. The molecule has 1 aromatic heterocycles. The normalized spacial score (nSPS) is 34.3. The van der Waals surface area contributed by atoms with Crippen LogP contribution >= 0.6 is 0 Å². The van der Waals surface area contributed by atoms with E-state index in [0.29, 0.717) is 24.2 Å². The molecule has 0 saturated heterocycles. The number of benzene rings is 1. The highest BCUT2D eigenvalue weighted by molar-refractivity contribution is 5.96. The summed E-state index contributed by atoms with van der Waals surface area (Å²) >= 11 is 0. The zero-order valence-corrected chi connectivity index (χ0v) is 26.3. The molecule has 1 heterocycles. The predicted octanol–water partition coefficient (Wildman–Crippen LogP) is 5.02. The number of nitrogens with one attached hydrogen (secondary N) is 2. The highest BCUT2D eigenvalue weighted by atomic mass is 16.6. The van der Waals surface area contributed by atoms with E-state index in [9.17, 15) is 19.5 Å². The molecule has 4 aliphatic carbocycles. The number of aromatic amines is 1. The number of H-pyrrole nitrogens is 1. The van der Waals surface area contributed by atoms with Gasteiger partial charge in [0.1, 0.15) is 11.6 Å². The molecule has 3 saturated carbocycles. The van der Waals surface area contributed by atoms with Crippen LogP contribution in [0.2, 0.25) is 0 Å². The maximum absolute atomic E-state index is 12.8. The van der Waals surface area contributed by atoms with Crippen molar-refractivity contribution < 1.29 is 29.1 Å². The molecule has 0 aliphatic heterocycles. The van der Waals surface area contributed by atoms with Gasteiger partial charge in [0, 0.05) is 28.9 Å². The predicted molar refractivity (Wildman–Crippen MR) is 167 cm³/mol. The van der Waals surface area contributed by atoms with Gasteiger partial charge in [0.15, 0.2) is 12.4 Å². The SMILES string of the molecule is COC(=O)[C@H](Cc1c[nH]c2ccccc12)NC(=O)CO/N=C1\C=C2CC[C@H]3[C@H](CC[C@@]4(C)[C@H]3CC[C@]4(O)C(C)=O)[C@@]2(C)CC1. The summed E-state index contributed by atoms with van der Waals surface area (Å²) in [5.74, 6) is 0.366. The number of ether oxygens (including phenoxy) is 1. The number of fused-ring (bicyclic) bond motifs is 6. The summed E-state index contributed by atoms with van der Waals surface area (Å²) in [6.07, 6.45) is 11.4. The number of hydrogen-bond acceptors (Lipinski definition) is 7. The van der Waals surface area contributed by atoms with E-state index in [-0.39, 0.29) is 29.6 Å². The van der Waals surface area contributed by atoms with Crippen molar-refractivity contribution >= 4 is 34.3 Å². The number of para-hydroxylation sites is 1. The lowest BCUT2D eigenvalue weighted by Gasteiger charge is -2.59. The van der Waals surface area contributed by atoms with Crippen molar-refractivity contribution in [1.29, 1.82) is 0 Å². The van der Waals surface area contributed by atoms with Gasteiger partial charge in [-0.15, -0.1) is 0 Å². The molecule has 44 heavy (non-hydrogen) atoms. The van der Waals surface area contributed by atoms with E-state index in [0.717, 1.165) is 67.1 Å². The second kappa shape index (κ2) is 11.5. The molecule has 0 bridgehead atoms. The first-order valence-electron chi connectivity index (χ1n) is 16.1. The summed E-state index contributed by atoms with van der Waals surface area (Å²) in [5.41, 5.74) is 2.63. The van der Waals surface area contributed by atoms with E-state index in [4.69, 9.17) is 9.57 Å². The molecule has 3 N–H and O–H groups in total.